The van der Waals surface area contributed by atoms with E-state index in [9.17, 15) is 0 Å². The number of hydrogen-bond donors (Lipinski definition) is 0. The summed E-state index contributed by atoms with van der Waals surface area (Å²) in [6, 6.07) is 10.2. The number of hydrogen-bond acceptors (Lipinski definition) is 6. The van der Waals surface area contributed by atoms with Crippen LogP contribution in [0.1, 0.15) is 40.5 Å². The minimum atomic E-state index is -1.14. The van der Waals surface area contributed by atoms with E-state index in [2.05, 4.69) is 12.1 Å². The third kappa shape index (κ3) is 5.59. The summed E-state index contributed by atoms with van der Waals surface area (Å²) in [4.78, 5) is 9.45. The van der Waals surface area contributed by atoms with E-state index in [4.69, 9.17) is 28.9 Å². The predicted molar refractivity (Wildman–Crippen MR) is 121 cm³/mol. The Balaban J connectivity index is 2.12. The van der Waals surface area contributed by atoms with E-state index in [0.29, 0.717) is 26.4 Å². The van der Waals surface area contributed by atoms with Crippen molar-refractivity contribution < 1.29 is 18.9 Å². The van der Waals surface area contributed by atoms with Crippen molar-refractivity contribution in [1.82, 2.24) is 19.1 Å². The minimum absolute atomic E-state index is 0.525. The summed E-state index contributed by atoms with van der Waals surface area (Å²) in [5.74, 6) is 0. The van der Waals surface area contributed by atoms with Gasteiger partial charge in [0.2, 0.25) is 12.8 Å². The molecule has 9 heteroatoms. The van der Waals surface area contributed by atoms with Crippen LogP contribution in [0.5, 0.6) is 0 Å². The van der Waals surface area contributed by atoms with Crippen LogP contribution in [0.3, 0.4) is 0 Å². The van der Waals surface area contributed by atoms with Gasteiger partial charge in [-0.15, -0.1) is 0 Å². The molecular formula is C22H31N4O4P. The van der Waals surface area contributed by atoms with Crippen molar-refractivity contribution in [3.05, 3.63) is 55.1 Å². The molecular weight excluding hydrogens is 415 g/mol. The van der Waals surface area contributed by atoms with Crippen molar-refractivity contribution in [3.8, 4) is 0 Å². The molecule has 0 spiro atoms. The van der Waals surface area contributed by atoms with Gasteiger partial charge in [-0.3, -0.25) is 9.13 Å². The maximum Gasteiger partial charge on any atom is 0.245 e. The molecule has 2 heterocycles. The molecule has 168 valence electrons. The van der Waals surface area contributed by atoms with Crippen molar-refractivity contribution in [2.75, 3.05) is 26.4 Å². The standard InChI is InChI=1S/C22H31N4O4P/c1-5-27-21(28-6-2)25-16-14-23-19(25)31(18-12-10-9-11-13-18)20-24-15-17-26(20)22(29-7-3)30-8-4/h9-17,21-22H,5-8H2,1-4H3. The Morgan fingerprint density at radius 3 is 1.52 bits per heavy atom. The van der Waals surface area contributed by atoms with Crippen molar-refractivity contribution in [2.24, 2.45) is 0 Å². The Kier molecular flexibility index (Phi) is 9.18. The molecule has 0 amide bonds. The summed E-state index contributed by atoms with van der Waals surface area (Å²) in [6.45, 7) is 9.89. The maximum atomic E-state index is 5.86. The van der Waals surface area contributed by atoms with Gasteiger partial charge >= 0.3 is 0 Å². The van der Waals surface area contributed by atoms with Gasteiger partial charge in [-0.25, -0.2) is 9.97 Å². The molecule has 0 aliphatic heterocycles. The largest absolute Gasteiger partial charge is 0.335 e. The van der Waals surface area contributed by atoms with E-state index in [1.165, 1.54) is 0 Å². The van der Waals surface area contributed by atoms with Crippen LogP contribution in [0.25, 0.3) is 0 Å². The second-order valence-electron chi connectivity index (χ2n) is 6.38. The van der Waals surface area contributed by atoms with Crippen molar-refractivity contribution in [3.63, 3.8) is 0 Å². The molecule has 0 aliphatic carbocycles. The summed E-state index contributed by atoms with van der Waals surface area (Å²) in [6.07, 6.45) is 6.21. The predicted octanol–water partition coefficient (Wildman–Crippen LogP) is 2.90. The van der Waals surface area contributed by atoms with Gasteiger partial charge in [-0.2, -0.15) is 0 Å². The average Bonchev–Trinajstić information content (AvgIpc) is 3.45. The molecule has 0 radical (unpaired) electrons. The summed E-state index contributed by atoms with van der Waals surface area (Å²) in [5.41, 5.74) is 1.65. The number of nitrogens with zero attached hydrogens (tertiary/aromatic N) is 4. The van der Waals surface area contributed by atoms with Gasteiger partial charge in [0.25, 0.3) is 0 Å². The third-order valence-corrected chi connectivity index (χ3v) is 6.71. The molecule has 0 saturated carbocycles. The molecule has 0 N–H and O–H groups in total. The van der Waals surface area contributed by atoms with E-state index in [-0.39, 0.29) is 0 Å². The first kappa shape index (κ1) is 23.6. The van der Waals surface area contributed by atoms with Crippen LogP contribution >= 0.6 is 7.92 Å². The molecule has 0 atom stereocenters. The lowest BCUT2D eigenvalue weighted by atomic mass is 10.4. The molecule has 3 aromatic rings. The molecule has 0 fully saturated rings. The van der Waals surface area contributed by atoms with Gasteiger partial charge in [0, 0.05) is 51.2 Å². The first-order chi connectivity index (χ1) is 15.2. The zero-order chi connectivity index (χ0) is 22.1. The lowest BCUT2D eigenvalue weighted by Gasteiger charge is -2.26. The number of rotatable bonds is 13. The highest BCUT2D eigenvalue weighted by Crippen LogP contribution is 2.33. The zero-order valence-corrected chi connectivity index (χ0v) is 19.4. The summed E-state index contributed by atoms with van der Waals surface area (Å²) < 4.78 is 27.3. The van der Waals surface area contributed by atoms with Gasteiger partial charge in [0.05, 0.1) is 7.92 Å². The Hall–Kier alpha value is -2.09. The molecule has 2 aromatic heterocycles. The van der Waals surface area contributed by atoms with Gasteiger partial charge in [-0.05, 0) is 33.0 Å². The zero-order valence-electron chi connectivity index (χ0n) is 18.5. The fraction of sp³-hybridized carbons (Fsp3) is 0.455. The monoisotopic (exact) mass is 446 g/mol. The third-order valence-electron chi connectivity index (χ3n) is 4.40. The second kappa shape index (κ2) is 12.1. The Morgan fingerprint density at radius 2 is 1.13 bits per heavy atom. The molecule has 1 aromatic carbocycles. The highest BCUT2D eigenvalue weighted by molar-refractivity contribution is 7.79. The average molecular weight is 446 g/mol. The minimum Gasteiger partial charge on any atom is -0.335 e. The van der Waals surface area contributed by atoms with Crippen LogP contribution in [0.15, 0.2) is 55.1 Å². The fourth-order valence-electron chi connectivity index (χ4n) is 3.17. The van der Waals surface area contributed by atoms with Crippen LogP contribution in [-0.2, 0) is 18.9 Å². The lowest BCUT2D eigenvalue weighted by Crippen LogP contribution is -2.36. The van der Waals surface area contributed by atoms with Gasteiger partial charge < -0.3 is 18.9 Å². The van der Waals surface area contributed by atoms with Crippen LogP contribution in [0, 0.1) is 0 Å². The second-order valence-corrected chi connectivity index (χ2v) is 8.36. The van der Waals surface area contributed by atoms with E-state index >= 15 is 0 Å². The van der Waals surface area contributed by atoms with Crippen LogP contribution in [0.4, 0.5) is 0 Å². The SMILES string of the molecule is CCOC(OCC)n1ccnc1P(c1ccccc1)c1nccn1C(OCC)OCC. The van der Waals surface area contributed by atoms with Gasteiger partial charge in [0.15, 0.2) is 0 Å². The maximum absolute atomic E-state index is 5.86. The van der Waals surface area contributed by atoms with Crippen LogP contribution in [-0.4, -0.2) is 45.5 Å². The molecule has 3 rings (SSSR count). The van der Waals surface area contributed by atoms with Crippen molar-refractivity contribution in [2.45, 2.75) is 40.5 Å². The lowest BCUT2D eigenvalue weighted by molar-refractivity contribution is -0.184. The smallest absolute Gasteiger partial charge is 0.245 e. The number of aromatic nitrogens is 4. The van der Waals surface area contributed by atoms with E-state index in [1.807, 2.05) is 67.4 Å². The van der Waals surface area contributed by atoms with Gasteiger partial charge in [0.1, 0.15) is 11.1 Å². The molecule has 0 saturated heterocycles. The Bertz CT molecular complexity index is 836. The molecule has 0 aliphatic rings. The van der Waals surface area contributed by atoms with E-state index < -0.39 is 20.7 Å². The fourth-order valence-corrected chi connectivity index (χ4v) is 5.43. The van der Waals surface area contributed by atoms with Gasteiger partial charge in [-0.1, -0.05) is 30.3 Å². The van der Waals surface area contributed by atoms with Crippen molar-refractivity contribution in [1.29, 1.82) is 0 Å². The summed E-state index contributed by atoms with van der Waals surface area (Å²) >= 11 is 0. The molecule has 8 nitrogen and oxygen atoms in total. The first-order valence-corrected chi connectivity index (χ1v) is 12.0. The quantitative estimate of drug-likeness (QED) is 0.297. The Morgan fingerprint density at radius 1 is 0.710 bits per heavy atom. The summed E-state index contributed by atoms with van der Waals surface area (Å²) in [7, 11) is -1.14. The molecule has 31 heavy (non-hydrogen) atoms. The van der Waals surface area contributed by atoms with E-state index in [1.54, 1.807) is 12.4 Å². The summed E-state index contributed by atoms with van der Waals surface area (Å²) in [5, 5.41) is 1.11. The Labute approximate surface area is 184 Å². The number of benzene rings is 1. The highest BCUT2D eigenvalue weighted by Gasteiger charge is 2.30. The highest BCUT2D eigenvalue weighted by atomic mass is 31.1. The topological polar surface area (TPSA) is 72.6 Å². The number of ether oxygens (including phenoxy) is 4. The first-order valence-electron chi connectivity index (χ1n) is 10.6. The van der Waals surface area contributed by atoms with Crippen LogP contribution in [0.2, 0.25) is 0 Å². The number of imidazole rings is 2. The van der Waals surface area contributed by atoms with E-state index in [0.717, 1.165) is 16.4 Å². The van der Waals surface area contributed by atoms with Crippen LogP contribution < -0.4 is 16.4 Å². The normalized spacial score (nSPS) is 11.8. The van der Waals surface area contributed by atoms with Crippen molar-refractivity contribution >= 4 is 24.4 Å². The molecule has 0 unspecified atom stereocenters. The molecule has 0 bridgehead atoms.